The normalized spacial score (nSPS) is 15.2. The molecule has 0 atom stereocenters. The molecule has 0 saturated heterocycles. The first-order valence-corrected chi connectivity index (χ1v) is 4.63. The number of aromatic carboxylic acids is 1. The number of hydrogen-bond acceptors (Lipinski definition) is 2. The van der Waals surface area contributed by atoms with Crippen molar-refractivity contribution in [1.29, 1.82) is 0 Å². The van der Waals surface area contributed by atoms with Crippen LogP contribution in [0.1, 0.15) is 34.7 Å². The molecule has 0 bridgehead atoms. The van der Waals surface area contributed by atoms with Gasteiger partial charge in [0.2, 0.25) is 0 Å². The minimum atomic E-state index is -0.911. The van der Waals surface area contributed by atoms with Gasteiger partial charge < -0.3 is 9.84 Å². The van der Waals surface area contributed by atoms with Crippen molar-refractivity contribution in [2.45, 2.75) is 18.8 Å². The van der Waals surface area contributed by atoms with Crippen LogP contribution in [0.25, 0.3) is 0 Å². The fourth-order valence-corrected chi connectivity index (χ4v) is 1.58. The minimum absolute atomic E-state index is 0.284. The lowest BCUT2D eigenvalue weighted by atomic mass is 10.1. The van der Waals surface area contributed by atoms with E-state index in [-0.39, 0.29) is 5.56 Å². The second-order valence-corrected chi connectivity index (χ2v) is 3.54. The van der Waals surface area contributed by atoms with Gasteiger partial charge in [0.25, 0.3) is 0 Å². The highest BCUT2D eigenvalue weighted by molar-refractivity contribution is 5.88. The van der Waals surface area contributed by atoms with Gasteiger partial charge in [0.1, 0.15) is 5.75 Å². The third-order valence-corrected chi connectivity index (χ3v) is 2.50. The van der Waals surface area contributed by atoms with E-state index >= 15 is 0 Å². The molecule has 1 saturated carbocycles. The van der Waals surface area contributed by atoms with Crippen molar-refractivity contribution in [3.63, 3.8) is 0 Å². The van der Waals surface area contributed by atoms with Gasteiger partial charge in [-0.2, -0.15) is 0 Å². The Balaban J connectivity index is 2.38. The fourth-order valence-electron chi connectivity index (χ4n) is 1.58. The molecular weight excluding hydrogens is 180 g/mol. The van der Waals surface area contributed by atoms with Crippen molar-refractivity contribution >= 4 is 5.97 Å². The molecule has 0 spiro atoms. The molecule has 0 aliphatic heterocycles. The first kappa shape index (κ1) is 9.06. The molecule has 0 amide bonds. The highest BCUT2D eigenvalue weighted by Gasteiger charge is 2.27. The molecule has 3 heteroatoms. The third-order valence-electron chi connectivity index (χ3n) is 2.50. The van der Waals surface area contributed by atoms with E-state index in [1.165, 1.54) is 12.8 Å². The van der Waals surface area contributed by atoms with Crippen molar-refractivity contribution in [1.82, 2.24) is 0 Å². The average molecular weight is 192 g/mol. The summed E-state index contributed by atoms with van der Waals surface area (Å²) in [5.41, 5.74) is 1.42. The molecule has 1 aromatic rings. The molecule has 0 unspecified atom stereocenters. The van der Waals surface area contributed by atoms with E-state index in [4.69, 9.17) is 9.84 Å². The van der Waals surface area contributed by atoms with Gasteiger partial charge in [-0.3, -0.25) is 0 Å². The number of carbonyl (C=O) groups is 1. The second-order valence-electron chi connectivity index (χ2n) is 3.54. The molecule has 3 nitrogen and oxygen atoms in total. The maximum Gasteiger partial charge on any atom is 0.335 e. The van der Waals surface area contributed by atoms with Crippen LogP contribution >= 0.6 is 0 Å². The maximum absolute atomic E-state index is 10.7. The number of ether oxygens (including phenoxy) is 1. The molecule has 0 heterocycles. The van der Waals surface area contributed by atoms with Gasteiger partial charge in [0.15, 0.2) is 0 Å². The first-order chi connectivity index (χ1) is 6.72. The Kier molecular flexibility index (Phi) is 2.15. The zero-order valence-corrected chi connectivity index (χ0v) is 7.99. The topological polar surface area (TPSA) is 46.5 Å². The van der Waals surface area contributed by atoms with Crippen molar-refractivity contribution in [2.24, 2.45) is 0 Å². The van der Waals surface area contributed by atoms with Gasteiger partial charge >= 0.3 is 5.97 Å². The molecule has 1 N–H and O–H groups in total. The van der Waals surface area contributed by atoms with Crippen LogP contribution in [-0.2, 0) is 0 Å². The number of rotatable bonds is 3. The summed E-state index contributed by atoms with van der Waals surface area (Å²) in [4.78, 5) is 10.7. The molecule has 74 valence electrons. The van der Waals surface area contributed by atoms with Crippen LogP contribution in [0.5, 0.6) is 5.75 Å². The largest absolute Gasteiger partial charge is 0.496 e. The Hall–Kier alpha value is -1.51. The Morgan fingerprint density at radius 3 is 2.71 bits per heavy atom. The highest BCUT2D eigenvalue weighted by Crippen LogP contribution is 2.44. The van der Waals surface area contributed by atoms with Gasteiger partial charge in [-0.1, -0.05) is 6.07 Å². The summed E-state index contributed by atoms with van der Waals surface area (Å²) in [5, 5.41) is 8.79. The van der Waals surface area contributed by atoms with Crippen LogP contribution in [0.15, 0.2) is 18.2 Å². The zero-order chi connectivity index (χ0) is 10.1. The Labute approximate surface area is 82.3 Å². The molecule has 14 heavy (non-hydrogen) atoms. The van der Waals surface area contributed by atoms with Crippen LogP contribution in [0.3, 0.4) is 0 Å². The monoisotopic (exact) mass is 192 g/mol. The summed E-state index contributed by atoms with van der Waals surface area (Å²) in [6.45, 7) is 0. The Bertz CT molecular complexity index is 367. The summed E-state index contributed by atoms with van der Waals surface area (Å²) >= 11 is 0. The predicted octanol–water partition coefficient (Wildman–Crippen LogP) is 2.27. The van der Waals surface area contributed by atoms with Gasteiger partial charge in [0.05, 0.1) is 12.7 Å². The summed E-state index contributed by atoms with van der Waals surface area (Å²) in [6.07, 6.45) is 2.37. The lowest BCUT2D eigenvalue weighted by Crippen LogP contribution is -1.98. The molecule has 1 aliphatic rings. The Morgan fingerprint density at radius 2 is 2.21 bits per heavy atom. The summed E-state index contributed by atoms with van der Waals surface area (Å²) in [5.74, 6) is 0.367. The predicted molar refractivity (Wildman–Crippen MR) is 51.9 cm³/mol. The number of methoxy groups -OCH3 is 1. The SMILES string of the molecule is COc1cc(C(=O)O)ccc1C1CC1. The van der Waals surface area contributed by atoms with Crippen molar-refractivity contribution < 1.29 is 14.6 Å². The van der Waals surface area contributed by atoms with Gasteiger partial charge in [0, 0.05) is 0 Å². The van der Waals surface area contributed by atoms with Gasteiger partial charge in [-0.25, -0.2) is 4.79 Å². The van der Waals surface area contributed by atoms with Gasteiger partial charge in [-0.05, 0) is 36.5 Å². The van der Waals surface area contributed by atoms with Crippen LogP contribution in [-0.4, -0.2) is 18.2 Å². The Morgan fingerprint density at radius 1 is 1.50 bits per heavy atom. The number of hydrogen-bond donors (Lipinski definition) is 1. The van der Waals surface area contributed by atoms with E-state index in [0.29, 0.717) is 11.7 Å². The average Bonchev–Trinajstić information content (AvgIpc) is 3.00. The molecule has 1 aromatic carbocycles. The van der Waals surface area contributed by atoms with Gasteiger partial charge in [-0.15, -0.1) is 0 Å². The van der Waals surface area contributed by atoms with E-state index in [9.17, 15) is 4.79 Å². The van der Waals surface area contributed by atoms with E-state index in [0.717, 1.165) is 5.56 Å². The van der Waals surface area contributed by atoms with Crippen LogP contribution in [0.4, 0.5) is 0 Å². The molecule has 1 aliphatic carbocycles. The van der Waals surface area contributed by atoms with E-state index in [1.54, 1.807) is 19.2 Å². The highest BCUT2D eigenvalue weighted by atomic mass is 16.5. The molecule has 0 radical (unpaired) electrons. The van der Waals surface area contributed by atoms with Crippen molar-refractivity contribution in [3.05, 3.63) is 29.3 Å². The van der Waals surface area contributed by atoms with Crippen LogP contribution in [0, 0.1) is 0 Å². The number of carboxylic acids is 1. The fraction of sp³-hybridized carbons (Fsp3) is 0.364. The van der Waals surface area contributed by atoms with E-state index in [1.807, 2.05) is 6.07 Å². The molecule has 0 aromatic heterocycles. The molecular formula is C11H12O3. The van der Waals surface area contributed by atoms with E-state index < -0.39 is 5.97 Å². The summed E-state index contributed by atoms with van der Waals surface area (Å²) in [6, 6.07) is 5.09. The summed E-state index contributed by atoms with van der Waals surface area (Å²) < 4.78 is 5.17. The maximum atomic E-state index is 10.7. The zero-order valence-electron chi connectivity index (χ0n) is 7.99. The minimum Gasteiger partial charge on any atom is -0.496 e. The second kappa shape index (κ2) is 3.33. The lowest BCUT2D eigenvalue weighted by Gasteiger charge is -2.07. The van der Waals surface area contributed by atoms with Crippen LogP contribution < -0.4 is 4.74 Å². The third kappa shape index (κ3) is 1.58. The quantitative estimate of drug-likeness (QED) is 0.799. The molecule has 1 fully saturated rings. The summed E-state index contributed by atoms with van der Waals surface area (Å²) in [7, 11) is 1.58. The van der Waals surface area contributed by atoms with Crippen molar-refractivity contribution in [2.75, 3.05) is 7.11 Å². The standard InChI is InChI=1S/C11H12O3/c1-14-10-6-8(11(12)13)4-5-9(10)7-2-3-7/h4-7H,2-3H2,1H3,(H,12,13). The smallest absolute Gasteiger partial charge is 0.335 e. The molecule has 2 rings (SSSR count). The number of carboxylic acid groups (broad SMARTS) is 1. The van der Waals surface area contributed by atoms with Crippen LogP contribution in [0.2, 0.25) is 0 Å². The first-order valence-electron chi connectivity index (χ1n) is 4.63. The lowest BCUT2D eigenvalue weighted by molar-refractivity contribution is 0.0696. The van der Waals surface area contributed by atoms with Crippen molar-refractivity contribution in [3.8, 4) is 5.75 Å². The number of benzene rings is 1. The van der Waals surface area contributed by atoms with E-state index in [2.05, 4.69) is 0 Å².